The predicted octanol–water partition coefficient (Wildman–Crippen LogP) is 4.70. The van der Waals surface area contributed by atoms with Gasteiger partial charge in [-0.05, 0) is 43.7 Å². The Morgan fingerprint density at radius 2 is 2.08 bits per heavy atom. The zero-order valence-electron chi connectivity index (χ0n) is 14.5. The second kappa shape index (κ2) is 7.31. The summed E-state index contributed by atoms with van der Waals surface area (Å²) in [5.74, 6) is 2.41. The van der Waals surface area contributed by atoms with Gasteiger partial charge in [-0.25, -0.2) is 0 Å². The van der Waals surface area contributed by atoms with Crippen LogP contribution in [0.15, 0.2) is 41.6 Å². The van der Waals surface area contributed by atoms with Crippen molar-refractivity contribution in [1.82, 2.24) is 14.8 Å². The maximum Gasteiger partial charge on any atom is 0.196 e. The highest BCUT2D eigenvalue weighted by Crippen LogP contribution is 2.35. The van der Waals surface area contributed by atoms with Crippen LogP contribution in [-0.2, 0) is 17.1 Å². The summed E-state index contributed by atoms with van der Waals surface area (Å²) in [5, 5.41) is 10.1. The molecular weight excluding hydrogens is 370 g/mol. The van der Waals surface area contributed by atoms with E-state index < -0.39 is 0 Å². The molecule has 0 radical (unpaired) electrons. The van der Waals surface area contributed by atoms with Gasteiger partial charge in [-0.1, -0.05) is 35.5 Å². The third-order valence-corrected chi connectivity index (χ3v) is 5.36. The van der Waals surface area contributed by atoms with Gasteiger partial charge in [-0.3, -0.25) is 4.57 Å². The summed E-state index contributed by atoms with van der Waals surface area (Å²) in [7, 11) is 0. The van der Waals surface area contributed by atoms with Gasteiger partial charge >= 0.3 is 0 Å². The van der Waals surface area contributed by atoms with Gasteiger partial charge in [-0.2, -0.15) is 0 Å². The van der Waals surface area contributed by atoms with Crippen LogP contribution >= 0.6 is 23.4 Å². The molecule has 0 saturated heterocycles. The van der Waals surface area contributed by atoms with Crippen LogP contribution in [0.2, 0.25) is 5.02 Å². The normalized spacial score (nSPS) is 13.3. The first-order valence-corrected chi connectivity index (χ1v) is 9.62. The molecule has 5 nitrogen and oxygen atoms in total. The van der Waals surface area contributed by atoms with Crippen LogP contribution in [-0.4, -0.2) is 21.6 Å². The molecule has 26 heavy (non-hydrogen) atoms. The number of aromatic nitrogens is 3. The highest BCUT2D eigenvalue weighted by molar-refractivity contribution is 7.98. The SMILES string of the molecule is Cc1cccc(-n2c(C)nnc2SCc2cc(Cl)cc3c2OCOC3)c1. The lowest BCUT2D eigenvalue weighted by Crippen LogP contribution is -2.13. The fourth-order valence-corrected chi connectivity index (χ4v) is 4.23. The number of nitrogens with zero attached hydrogens (tertiary/aromatic N) is 3. The van der Waals surface area contributed by atoms with E-state index in [4.69, 9.17) is 21.1 Å². The molecule has 0 N–H and O–H groups in total. The van der Waals surface area contributed by atoms with Gasteiger partial charge in [0.1, 0.15) is 11.6 Å². The molecule has 1 aliphatic heterocycles. The second-order valence-corrected chi connectivity index (χ2v) is 7.54. The van der Waals surface area contributed by atoms with Gasteiger partial charge in [0.25, 0.3) is 0 Å². The Kier molecular flexibility index (Phi) is 4.89. The molecule has 0 spiro atoms. The summed E-state index contributed by atoms with van der Waals surface area (Å²) in [6.45, 7) is 4.83. The summed E-state index contributed by atoms with van der Waals surface area (Å²) < 4.78 is 13.1. The lowest BCUT2D eigenvalue weighted by atomic mass is 10.1. The van der Waals surface area contributed by atoms with Gasteiger partial charge in [-0.15, -0.1) is 10.2 Å². The number of halogens is 1. The van der Waals surface area contributed by atoms with Crippen LogP contribution in [0.3, 0.4) is 0 Å². The molecule has 7 heteroatoms. The number of rotatable bonds is 4. The number of fused-ring (bicyclic) bond motifs is 1. The molecule has 2 heterocycles. The maximum atomic E-state index is 6.26. The lowest BCUT2D eigenvalue weighted by molar-refractivity contribution is -0.0168. The topological polar surface area (TPSA) is 49.2 Å². The van der Waals surface area contributed by atoms with Gasteiger partial charge in [0, 0.05) is 27.6 Å². The molecule has 3 aromatic rings. The van der Waals surface area contributed by atoms with E-state index in [0.717, 1.165) is 33.5 Å². The van der Waals surface area contributed by atoms with E-state index in [9.17, 15) is 0 Å². The zero-order chi connectivity index (χ0) is 18.1. The predicted molar refractivity (Wildman–Crippen MR) is 102 cm³/mol. The highest BCUT2D eigenvalue weighted by atomic mass is 35.5. The maximum absolute atomic E-state index is 6.26. The van der Waals surface area contributed by atoms with Crippen molar-refractivity contribution >= 4 is 23.4 Å². The molecule has 0 saturated carbocycles. The quantitative estimate of drug-likeness (QED) is 0.607. The molecule has 0 amide bonds. The average Bonchev–Trinajstić information content (AvgIpc) is 3.00. The van der Waals surface area contributed by atoms with Crippen molar-refractivity contribution < 1.29 is 9.47 Å². The summed E-state index contributed by atoms with van der Waals surface area (Å²) in [5.41, 5.74) is 4.28. The first kappa shape index (κ1) is 17.4. The van der Waals surface area contributed by atoms with Crippen LogP contribution in [0.4, 0.5) is 0 Å². The van der Waals surface area contributed by atoms with Crippen LogP contribution < -0.4 is 4.74 Å². The van der Waals surface area contributed by atoms with Crippen molar-refractivity contribution in [3.63, 3.8) is 0 Å². The van der Waals surface area contributed by atoms with Gasteiger partial charge in [0.05, 0.1) is 6.61 Å². The third-order valence-electron chi connectivity index (χ3n) is 4.16. The second-order valence-electron chi connectivity index (χ2n) is 6.16. The Morgan fingerprint density at radius 3 is 2.92 bits per heavy atom. The van der Waals surface area contributed by atoms with Crippen molar-refractivity contribution in [3.05, 3.63) is 63.9 Å². The number of hydrogen-bond acceptors (Lipinski definition) is 5. The van der Waals surface area contributed by atoms with E-state index in [2.05, 4.69) is 39.9 Å². The van der Waals surface area contributed by atoms with E-state index in [1.54, 1.807) is 11.8 Å². The van der Waals surface area contributed by atoms with Crippen molar-refractivity contribution in [1.29, 1.82) is 0 Å². The van der Waals surface area contributed by atoms with E-state index in [1.165, 1.54) is 5.56 Å². The van der Waals surface area contributed by atoms with Crippen LogP contribution in [0.25, 0.3) is 5.69 Å². The smallest absolute Gasteiger partial charge is 0.196 e. The number of ether oxygens (including phenoxy) is 2. The molecule has 134 valence electrons. The molecule has 0 fully saturated rings. The van der Waals surface area contributed by atoms with E-state index in [-0.39, 0.29) is 6.79 Å². The molecule has 1 aromatic heterocycles. The Labute approximate surface area is 161 Å². The molecule has 2 aromatic carbocycles. The Hall–Kier alpha value is -2.02. The fourth-order valence-electron chi connectivity index (χ4n) is 3.01. The van der Waals surface area contributed by atoms with Crippen molar-refractivity contribution in [2.75, 3.05) is 6.79 Å². The van der Waals surface area contributed by atoms with Crippen molar-refractivity contribution in [2.24, 2.45) is 0 Å². The molecule has 0 unspecified atom stereocenters. The first-order valence-electron chi connectivity index (χ1n) is 8.25. The van der Waals surface area contributed by atoms with Gasteiger partial charge in [0.15, 0.2) is 11.9 Å². The minimum Gasteiger partial charge on any atom is -0.467 e. The summed E-state index contributed by atoms with van der Waals surface area (Å²) in [4.78, 5) is 0. The summed E-state index contributed by atoms with van der Waals surface area (Å²) in [6, 6.07) is 12.1. The van der Waals surface area contributed by atoms with Crippen molar-refractivity contribution in [2.45, 2.75) is 31.4 Å². The molecular formula is C19H18ClN3O2S. The summed E-state index contributed by atoms with van der Waals surface area (Å²) >= 11 is 7.87. The van der Waals surface area contributed by atoms with Crippen LogP contribution in [0.5, 0.6) is 5.75 Å². The molecule has 4 rings (SSSR count). The van der Waals surface area contributed by atoms with Crippen LogP contribution in [0.1, 0.15) is 22.5 Å². The monoisotopic (exact) mass is 387 g/mol. The fraction of sp³-hybridized carbons (Fsp3) is 0.263. The lowest BCUT2D eigenvalue weighted by Gasteiger charge is -2.21. The van der Waals surface area contributed by atoms with Crippen LogP contribution in [0, 0.1) is 13.8 Å². The molecule has 0 bridgehead atoms. The number of aryl methyl sites for hydroxylation is 2. The van der Waals surface area contributed by atoms with Gasteiger partial charge < -0.3 is 9.47 Å². The third kappa shape index (κ3) is 3.45. The summed E-state index contributed by atoms with van der Waals surface area (Å²) in [6.07, 6.45) is 0. The average molecular weight is 388 g/mol. The largest absolute Gasteiger partial charge is 0.467 e. The number of benzene rings is 2. The van der Waals surface area contributed by atoms with E-state index in [1.807, 2.05) is 25.1 Å². The Morgan fingerprint density at radius 1 is 1.19 bits per heavy atom. The number of hydrogen-bond donors (Lipinski definition) is 0. The Bertz CT molecular complexity index is 958. The Balaban J connectivity index is 1.63. The van der Waals surface area contributed by atoms with Gasteiger partial charge in [0.2, 0.25) is 0 Å². The minimum absolute atomic E-state index is 0.269. The highest BCUT2D eigenvalue weighted by Gasteiger charge is 2.18. The van der Waals surface area contributed by atoms with E-state index >= 15 is 0 Å². The molecule has 0 aliphatic carbocycles. The molecule has 0 atom stereocenters. The van der Waals surface area contributed by atoms with Crippen molar-refractivity contribution in [3.8, 4) is 11.4 Å². The zero-order valence-corrected chi connectivity index (χ0v) is 16.1. The van der Waals surface area contributed by atoms with E-state index in [0.29, 0.717) is 17.4 Å². The number of thioether (sulfide) groups is 1. The molecule has 1 aliphatic rings. The first-order chi connectivity index (χ1) is 12.6. The standard InChI is InChI=1S/C19H18ClN3O2S/c1-12-4-3-5-17(6-12)23-13(2)21-22-19(23)26-10-15-8-16(20)7-14-9-24-11-25-18(14)15/h3-8H,9-11H2,1-2H3. The minimum atomic E-state index is 0.269.